The van der Waals surface area contributed by atoms with E-state index in [1.54, 1.807) is 0 Å². The van der Waals surface area contributed by atoms with E-state index < -0.39 is 0 Å². The average molecular weight is 330 g/mol. The SMILES string of the molecule is CC1(C)CCC(CNC(=O)N2CCC(CO)CC2)c2ccccc21. The summed E-state index contributed by atoms with van der Waals surface area (Å²) in [5.41, 5.74) is 3.05. The number of benzene rings is 1. The first-order chi connectivity index (χ1) is 11.5. The van der Waals surface area contributed by atoms with E-state index in [1.165, 1.54) is 11.1 Å². The molecule has 1 aromatic carbocycles. The fourth-order valence-corrected chi connectivity index (χ4v) is 4.15. The van der Waals surface area contributed by atoms with Gasteiger partial charge in [0.2, 0.25) is 0 Å². The highest BCUT2D eigenvalue weighted by Crippen LogP contribution is 2.42. The average Bonchev–Trinajstić information content (AvgIpc) is 2.61. The van der Waals surface area contributed by atoms with E-state index in [0.29, 0.717) is 18.4 Å². The number of hydrogen-bond acceptors (Lipinski definition) is 2. The van der Waals surface area contributed by atoms with Crippen LogP contribution in [0.1, 0.15) is 56.6 Å². The molecule has 1 fully saturated rings. The molecule has 1 aliphatic carbocycles. The Labute approximate surface area is 145 Å². The van der Waals surface area contributed by atoms with Crippen molar-refractivity contribution in [2.75, 3.05) is 26.2 Å². The molecule has 3 rings (SSSR count). The fraction of sp³-hybridized carbons (Fsp3) is 0.650. The Balaban J connectivity index is 1.58. The van der Waals surface area contributed by atoms with Crippen molar-refractivity contribution >= 4 is 6.03 Å². The quantitative estimate of drug-likeness (QED) is 0.894. The standard InChI is InChI=1S/C20H30N2O2/c1-20(2)10-7-16(17-5-3-4-6-18(17)20)13-21-19(24)22-11-8-15(14-23)9-12-22/h3-6,15-16,23H,7-14H2,1-2H3,(H,21,24). The van der Waals surface area contributed by atoms with Crippen LogP contribution in [0.25, 0.3) is 0 Å². The molecule has 1 atom stereocenters. The minimum absolute atomic E-state index is 0.0497. The second-order valence-corrected chi connectivity index (χ2v) is 8.01. The van der Waals surface area contributed by atoms with Crippen molar-refractivity contribution in [2.45, 2.75) is 50.9 Å². The number of amides is 2. The van der Waals surface area contributed by atoms with Gasteiger partial charge in [0.1, 0.15) is 0 Å². The number of piperidine rings is 1. The molecule has 4 nitrogen and oxygen atoms in total. The number of carbonyl (C=O) groups excluding carboxylic acids is 1. The van der Waals surface area contributed by atoms with E-state index in [4.69, 9.17) is 0 Å². The number of aliphatic hydroxyl groups excluding tert-OH is 1. The number of fused-ring (bicyclic) bond motifs is 1. The van der Waals surface area contributed by atoms with Gasteiger partial charge in [-0.3, -0.25) is 0 Å². The summed E-state index contributed by atoms with van der Waals surface area (Å²) in [7, 11) is 0. The van der Waals surface area contributed by atoms with Crippen molar-refractivity contribution in [3.63, 3.8) is 0 Å². The third kappa shape index (κ3) is 3.59. The number of nitrogens with zero attached hydrogens (tertiary/aromatic N) is 1. The lowest BCUT2D eigenvalue weighted by atomic mass is 9.69. The monoisotopic (exact) mass is 330 g/mol. The zero-order valence-corrected chi connectivity index (χ0v) is 14.9. The number of hydrogen-bond donors (Lipinski definition) is 2. The summed E-state index contributed by atoms with van der Waals surface area (Å²) >= 11 is 0. The van der Waals surface area contributed by atoms with Crippen LogP contribution in [0.5, 0.6) is 0 Å². The van der Waals surface area contributed by atoms with Crippen LogP contribution in [-0.4, -0.2) is 42.3 Å². The van der Waals surface area contributed by atoms with Crippen molar-refractivity contribution in [3.8, 4) is 0 Å². The van der Waals surface area contributed by atoms with Crippen LogP contribution in [0.4, 0.5) is 4.79 Å². The third-order valence-electron chi connectivity index (χ3n) is 5.91. The number of carbonyl (C=O) groups is 1. The van der Waals surface area contributed by atoms with Gasteiger partial charge in [-0.05, 0) is 48.1 Å². The van der Waals surface area contributed by atoms with E-state index in [1.807, 2.05) is 4.90 Å². The first-order valence-corrected chi connectivity index (χ1v) is 9.24. The largest absolute Gasteiger partial charge is 0.396 e. The molecule has 2 amide bonds. The van der Waals surface area contributed by atoms with Crippen LogP contribution in [-0.2, 0) is 5.41 Å². The van der Waals surface area contributed by atoms with Crippen LogP contribution in [0, 0.1) is 5.92 Å². The molecule has 1 heterocycles. The Hall–Kier alpha value is -1.55. The molecule has 4 heteroatoms. The van der Waals surface area contributed by atoms with Crippen molar-refractivity contribution in [3.05, 3.63) is 35.4 Å². The minimum Gasteiger partial charge on any atom is -0.396 e. The van der Waals surface area contributed by atoms with Gasteiger partial charge in [-0.2, -0.15) is 0 Å². The summed E-state index contributed by atoms with van der Waals surface area (Å²) in [6.07, 6.45) is 4.10. The van der Waals surface area contributed by atoms with Crippen LogP contribution in [0.3, 0.4) is 0 Å². The van der Waals surface area contributed by atoms with Crippen LogP contribution >= 0.6 is 0 Å². The first kappa shape index (κ1) is 17.3. The third-order valence-corrected chi connectivity index (χ3v) is 5.91. The molecular weight excluding hydrogens is 300 g/mol. The van der Waals surface area contributed by atoms with Crippen molar-refractivity contribution in [2.24, 2.45) is 5.92 Å². The highest BCUT2D eigenvalue weighted by Gasteiger charge is 2.32. The minimum atomic E-state index is 0.0497. The molecule has 0 radical (unpaired) electrons. The fourth-order valence-electron chi connectivity index (χ4n) is 4.15. The Kier molecular flexibility index (Phi) is 5.14. The number of urea groups is 1. The molecule has 0 spiro atoms. The van der Waals surface area contributed by atoms with Crippen LogP contribution in [0.2, 0.25) is 0 Å². The van der Waals surface area contributed by atoms with Gasteiger partial charge in [0.05, 0.1) is 0 Å². The predicted octanol–water partition coefficient (Wildman–Crippen LogP) is 3.26. The van der Waals surface area contributed by atoms with Crippen molar-refractivity contribution in [1.82, 2.24) is 10.2 Å². The zero-order valence-electron chi connectivity index (χ0n) is 14.9. The molecule has 2 N–H and O–H groups in total. The Morgan fingerprint density at radius 2 is 1.96 bits per heavy atom. The molecule has 1 aliphatic heterocycles. The van der Waals surface area contributed by atoms with Gasteiger partial charge >= 0.3 is 6.03 Å². The van der Waals surface area contributed by atoms with Gasteiger partial charge in [-0.25, -0.2) is 4.79 Å². The molecular formula is C20H30N2O2. The topological polar surface area (TPSA) is 52.6 Å². The number of aliphatic hydroxyl groups is 1. The van der Waals surface area contributed by atoms with Crippen LogP contribution in [0.15, 0.2) is 24.3 Å². The lowest BCUT2D eigenvalue weighted by Crippen LogP contribution is -2.46. The molecule has 0 bridgehead atoms. The molecule has 24 heavy (non-hydrogen) atoms. The second-order valence-electron chi connectivity index (χ2n) is 8.01. The lowest BCUT2D eigenvalue weighted by Gasteiger charge is -2.37. The first-order valence-electron chi connectivity index (χ1n) is 9.24. The summed E-state index contributed by atoms with van der Waals surface area (Å²) in [4.78, 5) is 14.3. The van der Waals surface area contributed by atoms with Gasteiger partial charge in [0.25, 0.3) is 0 Å². The highest BCUT2D eigenvalue weighted by molar-refractivity contribution is 5.74. The molecule has 1 aromatic rings. The van der Waals surface area contributed by atoms with E-state index in [0.717, 1.165) is 38.8 Å². The molecule has 132 valence electrons. The predicted molar refractivity (Wildman–Crippen MR) is 96.2 cm³/mol. The highest BCUT2D eigenvalue weighted by atomic mass is 16.3. The van der Waals surface area contributed by atoms with Crippen LogP contribution < -0.4 is 5.32 Å². The molecule has 1 saturated heterocycles. The molecule has 2 aliphatic rings. The second kappa shape index (κ2) is 7.14. The zero-order chi connectivity index (χ0) is 17.2. The Morgan fingerprint density at radius 1 is 1.25 bits per heavy atom. The van der Waals surface area contributed by atoms with E-state index >= 15 is 0 Å². The smallest absolute Gasteiger partial charge is 0.317 e. The Bertz CT molecular complexity index is 577. The lowest BCUT2D eigenvalue weighted by molar-refractivity contribution is 0.137. The molecule has 0 aromatic heterocycles. The van der Waals surface area contributed by atoms with Crippen molar-refractivity contribution in [1.29, 1.82) is 0 Å². The van der Waals surface area contributed by atoms with Gasteiger partial charge < -0.3 is 15.3 Å². The summed E-state index contributed by atoms with van der Waals surface area (Å²) in [5.74, 6) is 0.773. The van der Waals surface area contributed by atoms with E-state index in [9.17, 15) is 9.90 Å². The number of nitrogens with one attached hydrogen (secondary N) is 1. The van der Waals surface area contributed by atoms with E-state index in [2.05, 4.69) is 43.4 Å². The summed E-state index contributed by atoms with van der Waals surface area (Å²) in [6.45, 7) is 7.09. The van der Waals surface area contributed by atoms with Gasteiger partial charge in [0.15, 0.2) is 0 Å². The summed E-state index contributed by atoms with van der Waals surface area (Å²) in [6, 6.07) is 8.73. The molecule has 0 saturated carbocycles. The normalized spacial score (nSPS) is 23.6. The number of likely N-dealkylation sites (tertiary alicyclic amines) is 1. The van der Waals surface area contributed by atoms with Gasteiger partial charge in [0, 0.05) is 32.2 Å². The maximum Gasteiger partial charge on any atom is 0.317 e. The summed E-state index contributed by atoms with van der Waals surface area (Å²) in [5, 5.41) is 12.4. The number of rotatable bonds is 3. The maximum absolute atomic E-state index is 12.4. The van der Waals surface area contributed by atoms with Gasteiger partial charge in [-0.15, -0.1) is 0 Å². The maximum atomic E-state index is 12.4. The van der Waals surface area contributed by atoms with Gasteiger partial charge in [-0.1, -0.05) is 38.1 Å². The van der Waals surface area contributed by atoms with E-state index in [-0.39, 0.29) is 18.1 Å². The Morgan fingerprint density at radius 3 is 2.67 bits per heavy atom. The molecule has 1 unspecified atom stereocenters. The summed E-state index contributed by atoms with van der Waals surface area (Å²) < 4.78 is 0. The van der Waals surface area contributed by atoms with Crippen molar-refractivity contribution < 1.29 is 9.90 Å².